The molecule has 2 aromatic carbocycles. The van der Waals surface area contributed by atoms with Gasteiger partial charge in [0.25, 0.3) is 0 Å². The van der Waals surface area contributed by atoms with Crippen LogP contribution in [0.2, 0.25) is 0 Å². The predicted molar refractivity (Wildman–Crippen MR) is 91.6 cm³/mol. The first-order chi connectivity index (χ1) is 11.5. The fourth-order valence-electron chi connectivity index (χ4n) is 2.40. The minimum Gasteiger partial charge on any atom is -0.493 e. The highest BCUT2D eigenvalue weighted by atomic mass is 16.7. The van der Waals surface area contributed by atoms with Gasteiger partial charge in [-0.25, -0.2) is 0 Å². The Bertz CT molecular complexity index is 774. The van der Waals surface area contributed by atoms with E-state index in [-0.39, 0.29) is 19.1 Å². The molecule has 0 aromatic heterocycles. The molecule has 1 aliphatic heterocycles. The smallest absolute Gasteiger partial charge is 0.231 e. The van der Waals surface area contributed by atoms with E-state index in [1.165, 1.54) is 0 Å². The lowest BCUT2D eigenvalue weighted by atomic mass is 10.1. The van der Waals surface area contributed by atoms with E-state index in [9.17, 15) is 4.79 Å². The molecular formula is C18H20N2O4. The molecular weight excluding hydrogens is 308 g/mol. The van der Waals surface area contributed by atoms with E-state index in [1.807, 2.05) is 32.0 Å². The van der Waals surface area contributed by atoms with Gasteiger partial charge in [-0.15, -0.1) is 0 Å². The molecule has 0 spiro atoms. The minimum atomic E-state index is -0.175. The third-order valence-corrected chi connectivity index (χ3v) is 3.75. The lowest BCUT2D eigenvalue weighted by Gasteiger charge is -2.11. The molecule has 0 atom stereocenters. The Morgan fingerprint density at radius 1 is 1.21 bits per heavy atom. The summed E-state index contributed by atoms with van der Waals surface area (Å²) >= 11 is 0. The average molecular weight is 328 g/mol. The van der Waals surface area contributed by atoms with Gasteiger partial charge in [-0.2, -0.15) is 0 Å². The van der Waals surface area contributed by atoms with Crippen molar-refractivity contribution in [1.82, 2.24) is 0 Å². The summed E-state index contributed by atoms with van der Waals surface area (Å²) in [7, 11) is 0. The lowest BCUT2D eigenvalue weighted by molar-refractivity contribution is -0.116. The number of rotatable bonds is 5. The molecule has 126 valence electrons. The topological polar surface area (TPSA) is 82.8 Å². The Labute approximate surface area is 140 Å². The van der Waals surface area contributed by atoms with Crippen LogP contribution in [0, 0.1) is 13.8 Å². The molecule has 0 fully saturated rings. The predicted octanol–water partition coefficient (Wildman–Crippen LogP) is 3.02. The SMILES string of the molecule is Cc1ccc(C)c(OCCC(=O)Nc2cc3c(cc2N)OCO3)c1. The lowest BCUT2D eigenvalue weighted by Crippen LogP contribution is -2.16. The first-order valence-corrected chi connectivity index (χ1v) is 7.72. The number of fused-ring (bicyclic) bond motifs is 1. The molecule has 3 rings (SSSR count). The van der Waals surface area contributed by atoms with Crippen molar-refractivity contribution in [2.45, 2.75) is 20.3 Å². The van der Waals surface area contributed by atoms with Gasteiger partial charge in [-0.1, -0.05) is 12.1 Å². The summed E-state index contributed by atoms with van der Waals surface area (Å²) in [5.74, 6) is 1.78. The highest BCUT2D eigenvalue weighted by molar-refractivity contribution is 5.94. The summed E-state index contributed by atoms with van der Waals surface area (Å²) in [5.41, 5.74) is 9.02. The second kappa shape index (κ2) is 6.70. The van der Waals surface area contributed by atoms with Gasteiger partial charge in [0.1, 0.15) is 5.75 Å². The Hall–Kier alpha value is -2.89. The highest BCUT2D eigenvalue weighted by Crippen LogP contribution is 2.38. The number of benzene rings is 2. The number of ether oxygens (including phenoxy) is 3. The van der Waals surface area contributed by atoms with E-state index < -0.39 is 0 Å². The Morgan fingerprint density at radius 2 is 1.96 bits per heavy atom. The van der Waals surface area contributed by atoms with Crippen molar-refractivity contribution >= 4 is 17.3 Å². The number of anilines is 2. The zero-order valence-corrected chi connectivity index (χ0v) is 13.7. The average Bonchev–Trinajstić information content (AvgIpc) is 2.98. The van der Waals surface area contributed by atoms with Crippen LogP contribution in [-0.2, 0) is 4.79 Å². The van der Waals surface area contributed by atoms with Gasteiger partial charge in [0.2, 0.25) is 12.7 Å². The van der Waals surface area contributed by atoms with Crippen LogP contribution in [0.4, 0.5) is 11.4 Å². The molecule has 0 aliphatic carbocycles. The molecule has 1 heterocycles. The largest absolute Gasteiger partial charge is 0.493 e. The maximum absolute atomic E-state index is 12.1. The zero-order chi connectivity index (χ0) is 17.1. The normalized spacial score (nSPS) is 12.1. The van der Waals surface area contributed by atoms with Gasteiger partial charge in [-0.05, 0) is 31.0 Å². The molecule has 0 radical (unpaired) electrons. The second-order valence-electron chi connectivity index (χ2n) is 5.71. The number of hydrogen-bond donors (Lipinski definition) is 2. The summed E-state index contributed by atoms with van der Waals surface area (Å²) in [5, 5.41) is 2.77. The zero-order valence-electron chi connectivity index (χ0n) is 13.7. The second-order valence-corrected chi connectivity index (χ2v) is 5.71. The van der Waals surface area contributed by atoms with Crippen LogP contribution >= 0.6 is 0 Å². The van der Waals surface area contributed by atoms with Gasteiger partial charge in [0, 0.05) is 12.1 Å². The number of carbonyl (C=O) groups excluding carboxylic acids is 1. The van der Waals surface area contributed by atoms with Crippen molar-refractivity contribution in [1.29, 1.82) is 0 Å². The molecule has 0 saturated heterocycles. The van der Waals surface area contributed by atoms with Gasteiger partial charge >= 0.3 is 0 Å². The maximum atomic E-state index is 12.1. The minimum absolute atomic E-state index is 0.163. The standard InChI is InChI=1S/C18H20N2O4/c1-11-3-4-12(2)15(7-11)22-6-5-18(21)20-14-9-17-16(8-13(14)19)23-10-24-17/h3-4,7-9H,5-6,10,19H2,1-2H3,(H,20,21). The number of amides is 1. The van der Waals surface area contributed by atoms with Crippen molar-refractivity contribution in [2.75, 3.05) is 24.5 Å². The first-order valence-electron chi connectivity index (χ1n) is 7.72. The fourth-order valence-corrected chi connectivity index (χ4v) is 2.40. The monoisotopic (exact) mass is 328 g/mol. The van der Waals surface area contributed by atoms with Crippen LogP contribution in [0.3, 0.4) is 0 Å². The van der Waals surface area contributed by atoms with E-state index >= 15 is 0 Å². The van der Waals surface area contributed by atoms with Crippen LogP contribution in [0.5, 0.6) is 17.2 Å². The van der Waals surface area contributed by atoms with Crippen molar-refractivity contribution in [2.24, 2.45) is 0 Å². The van der Waals surface area contributed by atoms with E-state index in [0.717, 1.165) is 16.9 Å². The molecule has 24 heavy (non-hydrogen) atoms. The van der Waals surface area contributed by atoms with Crippen LogP contribution < -0.4 is 25.3 Å². The molecule has 1 aliphatic rings. The van der Waals surface area contributed by atoms with Gasteiger partial charge in [0.15, 0.2) is 11.5 Å². The van der Waals surface area contributed by atoms with Crippen molar-refractivity contribution in [3.05, 3.63) is 41.5 Å². The first kappa shape index (κ1) is 16.0. The molecule has 3 N–H and O–H groups in total. The number of nitrogens with one attached hydrogen (secondary N) is 1. The number of hydrogen-bond acceptors (Lipinski definition) is 5. The molecule has 6 heteroatoms. The number of carbonyl (C=O) groups is 1. The third kappa shape index (κ3) is 3.53. The van der Waals surface area contributed by atoms with E-state index in [4.69, 9.17) is 19.9 Å². The Kier molecular flexibility index (Phi) is 4.46. The third-order valence-electron chi connectivity index (χ3n) is 3.75. The number of nitrogens with two attached hydrogens (primary N) is 1. The Balaban J connectivity index is 1.56. The van der Waals surface area contributed by atoms with Gasteiger partial charge in [-0.3, -0.25) is 4.79 Å². The van der Waals surface area contributed by atoms with Crippen LogP contribution in [0.15, 0.2) is 30.3 Å². The molecule has 2 aromatic rings. The summed E-state index contributed by atoms with van der Waals surface area (Å²) in [6.07, 6.45) is 0.223. The number of nitrogen functional groups attached to an aromatic ring is 1. The van der Waals surface area contributed by atoms with E-state index in [2.05, 4.69) is 5.32 Å². The van der Waals surface area contributed by atoms with Gasteiger partial charge < -0.3 is 25.3 Å². The number of aryl methyl sites for hydroxylation is 2. The van der Waals surface area contributed by atoms with Gasteiger partial charge in [0.05, 0.1) is 24.4 Å². The Morgan fingerprint density at radius 3 is 2.75 bits per heavy atom. The molecule has 0 bridgehead atoms. The molecule has 0 unspecified atom stereocenters. The molecule has 1 amide bonds. The van der Waals surface area contributed by atoms with Crippen molar-refractivity contribution in [3.63, 3.8) is 0 Å². The molecule has 6 nitrogen and oxygen atoms in total. The van der Waals surface area contributed by atoms with Crippen LogP contribution in [0.25, 0.3) is 0 Å². The summed E-state index contributed by atoms with van der Waals surface area (Å²) in [4.78, 5) is 12.1. The fraction of sp³-hybridized carbons (Fsp3) is 0.278. The summed E-state index contributed by atoms with van der Waals surface area (Å²) in [6.45, 7) is 4.43. The van der Waals surface area contributed by atoms with Crippen LogP contribution in [0.1, 0.15) is 17.5 Å². The summed E-state index contributed by atoms with van der Waals surface area (Å²) in [6, 6.07) is 9.30. The van der Waals surface area contributed by atoms with E-state index in [1.54, 1.807) is 12.1 Å². The van der Waals surface area contributed by atoms with Crippen LogP contribution in [-0.4, -0.2) is 19.3 Å². The van der Waals surface area contributed by atoms with E-state index in [0.29, 0.717) is 29.5 Å². The highest BCUT2D eigenvalue weighted by Gasteiger charge is 2.17. The summed E-state index contributed by atoms with van der Waals surface area (Å²) < 4.78 is 16.2. The maximum Gasteiger partial charge on any atom is 0.231 e. The quantitative estimate of drug-likeness (QED) is 0.824. The van der Waals surface area contributed by atoms with Crippen molar-refractivity contribution in [3.8, 4) is 17.2 Å². The molecule has 0 saturated carbocycles. The van der Waals surface area contributed by atoms with Crippen molar-refractivity contribution < 1.29 is 19.0 Å².